The van der Waals surface area contributed by atoms with E-state index in [0.29, 0.717) is 16.8 Å². The molecule has 0 fully saturated rings. The molecular formula is C30H22BrN3O3S. The fourth-order valence-electron chi connectivity index (χ4n) is 4.81. The Morgan fingerprint density at radius 2 is 1.39 bits per heavy atom. The maximum Gasteiger partial charge on any atom is 0.260 e. The summed E-state index contributed by atoms with van der Waals surface area (Å²) in [5.74, 6) is 0. The lowest BCUT2D eigenvalue weighted by Gasteiger charge is -2.25. The van der Waals surface area contributed by atoms with Gasteiger partial charge < -0.3 is 10.4 Å². The zero-order valence-electron chi connectivity index (χ0n) is 20.0. The number of nitrogens with one attached hydrogen (secondary N) is 2. The van der Waals surface area contributed by atoms with Crippen LogP contribution >= 0.6 is 15.9 Å². The molecule has 38 heavy (non-hydrogen) atoms. The van der Waals surface area contributed by atoms with E-state index in [0.717, 1.165) is 26.5 Å². The molecule has 1 aliphatic rings. The molecule has 0 amide bonds. The molecule has 0 spiro atoms. The van der Waals surface area contributed by atoms with E-state index >= 15 is 0 Å². The largest absolute Gasteiger partial charge is 0.321 e. The van der Waals surface area contributed by atoms with Crippen LogP contribution in [0.25, 0.3) is 27.7 Å². The summed E-state index contributed by atoms with van der Waals surface area (Å²) in [6, 6.07) is 32.3. The first-order valence-electron chi connectivity index (χ1n) is 12.0. The average molecular weight is 584 g/mol. The third-order valence-electron chi connectivity index (χ3n) is 6.56. The van der Waals surface area contributed by atoms with Crippen LogP contribution in [0.4, 0.5) is 0 Å². The van der Waals surface area contributed by atoms with Crippen LogP contribution in [0.15, 0.2) is 129 Å². The van der Waals surface area contributed by atoms with Crippen molar-refractivity contribution in [1.29, 1.82) is 0 Å². The van der Waals surface area contributed by atoms with Gasteiger partial charge in [0.15, 0.2) is 0 Å². The smallest absolute Gasteiger partial charge is 0.260 e. The highest BCUT2D eigenvalue weighted by Gasteiger charge is 2.38. The Bertz CT molecular complexity index is 1840. The molecule has 188 valence electrons. The van der Waals surface area contributed by atoms with E-state index in [4.69, 9.17) is 0 Å². The topological polar surface area (TPSA) is 82.3 Å². The highest BCUT2D eigenvalue weighted by molar-refractivity contribution is 9.10. The number of aromatic nitrogens is 1. The molecule has 6 rings (SSSR count). The van der Waals surface area contributed by atoms with Gasteiger partial charge in [0.25, 0.3) is 15.6 Å². The van der Waals surface area contributed by atoms with E-state index in [-0.39, 0.29) is 10.5 Å². The van der Waals surface area contributed by atoms with E-state index in [2.05, 4.69) is 26.3 Å². The second kappa shape index (κ2) is 9.72. The molecule has 1 atom stereocenters. The number of sulfonamides is 1. The first kappa shape index (κ1) is 24.4. The third-order valence-corrected chi connectivity index (χ3v) is 8.75. The van der Waals surface area contributed by atoms with Crippen molar-refractivity contribution >= 4 is 42.6 Å². The number of pyridine rings is 1. The minimum absolute atomic E-state index is 0.155. The Morgan fingerprint density at radius 1 is 0.763 bits per heavy atom. The summed E-state index contributed by atoms with van der Waals surface area (Å²) in [7, 11) is -3.97. The second-order valence-electron chi connectivity index (χ2n) is 8.92. The predicted octanol–water partition coefficient (Wildman–Crippen LogP) is 6.25. The number of nitrogens with zero attached hydrogens (tertiary/aromatic N) is 1. The molecule has 0 aliphatic carbocycles. The number of hydrogen-bond acceptors (Lipinski definition) is 4. The molecule has 8 heteroatoms. The van der Waals surface area contributed by atoms with Crippen LogP contribution in [-0.4, -0.2) is 17.8 Å². The van der Waals surface area contributed by atoms with Gasteiger partial charge in [-0.25, -0.2) is 8.42 Å². The standard InChI is InChI=1S/C30H22BrN3O3S/c31-22-16-17-25-24(18-22)28(21-12-6-2-7-13-21)29(30(35)32-25)26-19-27(20-10-4-1-5-11-20)34(33-26)38(36,37)23-14-8-3-9-15-23/h1-19,27,33H,(H,32,35)/t27-/m1/s1. The van der Waals surface area contributed by atoms with Crippen molar-refractivity contribution in [3.63, 3.8) is 0 Å². The number of halogens is 1. The highest BCUT2D eigenvalue weighted by atomic mass is 79.9. The number of fused-ring (bicyclic) bond motifs is 1. The van der Waals surface area contributed by atoms with Crippen molar-refractivity contribution in [3.05, 3.63) is 141 Å². The second-order valence-corrected chi connectivity index (χ2v) is 11.7. The van der Waals surface area contributed by atoms with Gasteiger partial charge >= 0.3 is 0 Å². The third kappa shape index (κ3) is 4.26. The van der Waals surface area contributed by atoms with E-state index < -0.39 is 16.1 Å². The van der Waals surface area contributed by atoms with Gasteiger partial charge in [-0.15, -0.1) is 4.41 Å². The van der Waals surface area contributed by atoms with Crippen LogP contribution in [0.3, 0.4) is 0 Å². The Labute approximate surface area is 228 Å². The molecule has 2 N–H and O–H groups in total. The zero-order chi connectivity index (χ0) is 26.3. The molecule has 0 saturated carbocycles. The summed E-state index contributed by atoms with van der Waals surface area (Å²) in [4.78, 5) is 16.8. The highest BCUT2D eigenvalue weighted by Crippen LogP contribution is 2.39. The number of H-pyrrole nitrogens is 1. The number of rotatable bonds is 5. The maximum atomic E-state index is 13.8. The van der Waals surface area contributed by atoms with Crippen LogP contribution in [0, 0.1) is 0 Å². The minimum atomic E-state index is -3.97. The van der Waals surface area contributed by atoms with Gasteiger partial charge in [0.2, 0.25) is 0 Å². The Hall–Kier alpha value is -3.98. The summed E-state index contributed by atoms with van der Waals surface area (Å²) < 4.78 is 29.8. The van der Waals surface area contributed by atoms with Crippen LogP contribution in [0.2, 0.25) is 0 Å². The van der Waals surface area contributed by atoms with Crippen molar-refractivity contribution in [3.8, 4) is 11.1 Å². The number of hydrogen-bond donors (Lipinski definition) is 2. The number of benzene rings is 4. The van der Waals surface area contributed by atoms with Crippen molar-refractivity contribution < 1.29 is 8.42 Å². The molecule has 5 aromatic rings. The SMILES string of the molecule is O=c1[nH]c2ccc(Br)cc2c(-c2ccccc2)c1C1=C[C@H](c2ccccc2)N(S(=O)(=O)c2ccccc2)N1. The average Bonchev–Trinajstić information content (AvgIpc) is 3.40. The first-order valence-corrected chi connectivity index (χ1v) is 14.2. The molecule has 4 aromatic carbocycles. The summed E-state index contributed by atoms with van der Waals surface area (Å²) >= 11 is 3.56. The van der Waals surface area contributed by atoms with Gasteiger partial charge in [-0.05, 0) is 47.5 Å². The molecule has 0 unspecified atom stereocenters. The number of aromatic amines is 1. The molecule has 0 saturated heterocycles. The molecule has 2 heterocycles. The lowest BCUT2D eigenvalue weighted by atomic mass is 9.94. The van der Waals surface area contributed by atoms with Gasteiger partial charge in [-0.2, -0.15) is 0 Å². The molecule has 0 bridgehead atoms. The monoisotopic (exact) mass is 583 g/mol. The van der Waals surface area contributed by atoms with Gasteiger partial charge in [0.05, 0.1) is 22.2 Å². The Kier molecular flexibility index (Phi) is 6.23. The zero-order valence-corrected chi connectivity index (χ0v) is 22.4. The van der Waals surface area contributed by atoms with E-state index in [1.54, 1.807) is 36.4 Å². The Balaban J connectivity index is 1.60. The van der Waals surface area contributed by atoms with Gasteiger partial charge in [-0.1, -0.05) is 94.8 Å². The molecular weight excluding hydrogens is 562 g/mol. The first-order chi connectivity index (χ1) is 18.4. The predicted molar refractivity (Wildman–Crippen MR) is 153 cm³/mol. The van der Waals surface area contributed by atoms with Gasteiger partial charge in [-0.3, -0.25) is 4.79 Å². The van der Waals surface area contributed by atoms with E-state index in [1.165, 1.54) is 4.41 Å². The lowest BCUT2D eigenvalue weighted by molar-refractivity contribution is 0.348. The van der Waals surface area contributed by atoms with Crippen LogP contribution in [-0.2, 0) is 10.0 Å². The Morgan fingerprint density at radius 3 is 2.08 bits per heavy atom. The fraction of sp³-hybridized carbons (Fsp3) is 0.0333. The molecule has 0 radical (unpaired) electrons. The minimum Gasteiger partial charge on any atom is -0.321 e. The molecule has 6 nitrogen and oxygen atoms in total. The van der Waals surface area contributed by atoms with Crippen LogP contribution in [0.1, 0.15) is 17.2 Å². The summed E-state index contributed by atoms with van der Waals surface area (Å²) in [6.07, 6.45) is 1.80. The lowest BCUT2D eigenvalue weighted by Crippen LogP contribution is -2.40. The molecule has 1 aromatic heterocycles. The molecule has 1 aliphatic heterocycles. The van der Waals surface area contributed by atoms with Gasteiger partial charge in [0.1, 0.15) is 0 Å². The summed E-state index contributed by atoms with van der Waals surface area (Å²) in [5, 5.41) is 0.837. The van der Waals surface area contributed by atoms with Crippen LogP contribution in [0.5, 0.6) is 0 Å². The summed E-state index contributed by atoms with van der Waals surface area (Å²) in [5.41, 5.74) is 6.60. The van der Waals surface area contributed by atoms with Crippen molar-refractivity contribution in [1.82, 2.24) is 14.8 Å². The van der Waals surface area contributed by atoms with Crippen molar-refractivity contribution in [2.75, 3.05) is 0 Å². The van der Waals surface area contributed by atoms with E-state index in [1.807, 2.05) is 78.9 Å². The van der Waals surface area contributed by atoms with Gasteiger partial charge in [0, 0.05) is 20.9 Å². The van der Waals surface area contributed by atoms with E-state index in [9.17, 15) is 13.2 Å². The maximum absolute atomic E-state index is 13.8. The van der Waals surface area contributed by atoms with Crippen LogP contribution < -0.4 is 11.0 Å². The normalized spacial score (nSPS) is 15.8. The fourth-order valence-corrected chi connectivity index (χ4v) is 6.60. The quantitative estimate of drug-likeness (QED) is 0.256. The van der Waals surface area contributed by atoms with Crippen molar-refractivity contribution in [2.45, 2.75) is 10.9 Å². The van der Waals surface area contributed by atoms with Crippen molar-refractivity contribution in [2.24, 2.45) is 0 Å². The number of hydrazine groups is 1. The summed E-state index contributed by atoms with van der Waals surface area (Å²) in [6.45, 7) is 0.